The van der Waals surface area contributed by atoms with Crippen molar-refractivity contribution in [1.82, 2.24) is 9.80 Å². The fourth-order valence-electron chi connectivity index (χ4n) is 2.77. The van der Waals surface area contributed by atoms with Crippen LogP contribution < -0.4 is 0 Å². The molecular formula is C19H22N2O2. The van der Waals surface area contributed by atoms with Crippen LogP contribution >= 0.6 is 0 Å². The number of hydrogen-bond donors (Lipinski definition) is 0. The van der Waals surface area contributed by atoms with Gasteiger partial charge in [0.1, 0.15) is 11.5 Å². The molecule has 4 nitrogen and oxygen atoms in total. The highest BCUT2D eigenvalue weighted by atomic mass is 16.3. The first kappa shape index (κ1) is 15.6. The normalized spacial score (nSPS) is 16.1. The summed E-state index contributed by atoms with van der Waals surface area (Å²) >= 11 is 0. The highest BCUT2D eigenvalue weighted by molar-refractivity contribution is 5.91. The van der Waals surface area contributed by atoms with Gasteiger partial charge in [-0.2, -0.15) is 0 Å². The van der Waals surface area contributed by atoms with Crippen molar-refractivity contribution in [2.45, 2.75) is 13.5 Å². The Morgan fingerprint density at radius 1 is 1.09 bits per heavy atom. The van der Waals surface area contributed by atoms with Gasteiger partial charge in [-0.3, -0.25) is 9.69 Å². The Balaban J connectivity index is 1.48. The van der Waals surface area contributed by atoms with Crippen molar-refractivity contribution >= 4 is 12.0 Å². The number of hydrogen-bond acceptors (Lipinski definition) is 3. The lowest BCUT2D eigenvalue weighted by atomic mass is 10.2. The molecule has 4 heteroatoms. The molecule has 1 saturated heterocycles. The molecule has 23 heavy (non-hydrogen) atoms. The maximum absolute atomic E-state index is 12.2. The van der Waals surface area contributed by atoms with E-state index in [1.165, 1.54) is 5.56 Å². The minimum absolute atomic E-state index is 0.0541. The van der Waals surface area contributed by atoms with Crippen molar-refractivity contribution in [2.24, 2.45) is 0 Å². The average Bonchev–Trinajstić information content (AvgIpc) is 3.00. The average molecular weight is 310 g/mol. The second-order valence-electron chi connectivity index (χ2n) is 5.87. The van der Waals surface area contributed by atoms with Crippen molar-refractivity contribution in [3.8, 4) is 0 Å². The summed E-state index contributed by atoms with van der Waals surface area (Å²) in [4.78, 5) is 16.5. The molecule has 0 radical (unpaired) electrons. The third-order valence-corrected chi connectivity index (χ3v) is 4.08. The van der Waals surface area contributed by atoms with Crippen LogP contribution in [0.1, 0.15) is 17.1 Å². The number of amides is 1. The molecule has 1 aromatic carbocycles. The molecule has 2 heterocycles. The van der Waals surface area contributed by atoms with E-state index < -0.39 is 0 Å². The molecular weight excluding hydrogens is 288 g/mol. The van der Waals surface area contributed by atoms with Crippen molar-refractivity contribution in [3.63, 3.8) is 0 Å². The number of furan rings is 1. The van der Waals surface area contributed by atoms with Gasteiger partial charge in [0.05, 0.1) is 0 Å². The lowest BCUT2D eigenvalue weighted by Gasteiger charge is -2.34. The van der Waals surface area contributed by atoms with Gasteiger partial charge in [-0.05, 0) is 30.7 Å². The Hall–Kier alpha value is -2.33. The molecule has 1 fully saturated rings. The number of nitrogens with zero attached hydrogens (tertiary/aromatic N) is 2. The Bertz CT molecular complexity index is 668. The number of carbonyl (C=O) groups is 1. The molecule has 3 rings (SSSR count). The highest BCUT2D eigenvalue weighted by Crippen LogP contribution is 2.11. The first-order valence-electron chi connectivity index (χ1n) is 8.00. The Kier molecular flexibility index (Phi) is 4.93. The van der Waals surface area contributed by atoms with E-state index in [0.717, 1.165) is 44.2 Å². The number of benzene rings is 1. The van der Waals surface area contributed by atoms with Crippen molar-refractivity contribution in [1.29, 1.82) is 0 Å². The summed E-state index contributed by atoms with van der Waals surface area (Å²) in [5.41, 5.74) is 1.32. The van der Waals surface area contributed by atoms with Crippen LogP contribution in [0.3, 0.4) is 0 Å². The van der Waals surface area contributed by atoms with Crippen molar-refractivity contribution in [2.75, 3.05) is 26.2 Å². The number of piperazine rings is 1. The summed E-state index contributed by atoms with van der Waals surface area (Å²) in [5.74, 6) is 1.63. The van der Waals surface area contributed by atoms with Crippen LogP contribution in [0.5, 0.6) is 0 Å². The maximum Gasteiger partial charge on any atom is 0.246 e. The molecule has 0 atom stereocenters. The van der Waals surface area contributed by atoms with Crippen LogP contribution in [0.4, 0.5) is 0 Å². The summed E-state index contributed by atoms with van der Waals surface area (Å²) < 4.78 is 5.44. The quantitative estimate of drug-likeness (QED) is 0.815. The van der Waals surface area contributed by atoms with Crippen LogP contribution in [0.25, 0.3) is 6.08 Å². The summed E-state index contributed by atoms with van der Waals surface area (Å²) in [6.07, 6.45) is 3.34. The van der Waals surface area contributed by atoms with Gasteiger partial charge >= 0.3 is 0 Å². The first-order chi connectivity index (χ1) is 11.2. The van der Waals surface area contributed by atoms with E-state index >= 15 is 0 Å². The summed E-state index contributed by atoms with van der Waals surface area (Å²) in [5, 5.41) is 0. The van der Waals surface area contributed by atoms with Crippen LogP contribution in [0.2, 0.25) is 0 Å². The molecule has 1 aromatic heterocycles. The van der Waals surface area contributed by atoms with E-state index in [1.807, 2.05) is 30.0 Å². The van der Waals surface area contributed by atoms with Gasteiger partial charge in [0.25, 0.3) is 0 Å². The fraction of sp³-hybridized carbons (Fsp3) is 0.316. The molecule has 0 aliphatic carbocycles. The molecule has 0 spiro atoms. The van der Waals surface area contributed by atoms with Crippen molar-refractivity contribution < 1.29 is 9.21 Å². The minimum atomic E-state index is 0.0541. The van der Waals surface area contributed by atoms with E-state index in [2.05, 4.69) is 29.2 Å². The van der Waals surface area contributed by atoms with Crippen molar-refractivity contribution in [3.05, 3.63) is 65.6 Å². The lowest BCUT2D eigenvalue weighted by Crippen LogP contribution is -2.47. The standard InChI is InChI=1S/C19H22N2O2/c1-16-7-8-18(23-16)9-10-19(22)21-13-11-20(12-14-21)15-17-5-3-2-4-6-17/h2-10H,11-15H2,1H3/b10-9+. The third-order valence-electron chi connectivity index (χ3n) is 4.08. The second kappa shape index (κ2) is 7.29. The van der Waals surface area contributed by atoms with E-state index in [4.69, 9.17) is 4.42 Å². The zero-order valence-electron chi connectivity index (χ0n) is 13.4. The number of carbonyl (C=O) groups excluding carboxylic acids is 1. The Morgan fingerprint density at radius 2 is 1.83 bits per heavy atom. The van der Waals surface area contributed by atoms with E-state index in [0.29, 0.717) is 0 Å². The van der Waals surface area contributed by atoms with Crippen LogP contribution in [0.15, 0.2) is 53.0 Å². The SMILES string of the molecule is Cc1ccc(/C=C/C(=O)N2CCN(Cc3ccccc3)CC2)o1. The zero-order valence-corrected chi connectivity index (χ0v) is 13.4. The fourth-order valence-corrected chi connectivity index (χ4v) is 2.77. The van der Waals surface area contributed by atoms with Gasteiger partial charge in [0, 0.05) is 38.8 Å². The van der Waals surface area contributed by atoms with E-state index in [-0.39, 0.29) is 5.91 Å². The van der Waals surface area contributed by atoms with Gasteiger partial charge in [-0.15, -0.1) is 0 Å². The Morgan fingerprint density at radius 3 is 2.48 bits per heavy atom. The first-order valence-corrected chi connectivity index (χ1v) is 8.00. The molecule has 1 aliphatic heterocycles. The highest BCUT2D eigenvalue weighted by Gasteiger charge is 2.19. The van der Waals surface area contributed by atoms with Crippen LogP contribution in [0, 0.1) is 6.92 Å². The van der Waals surface area contributed by atoms with E-state index in [9.17, 15) is 4.79 Å². The monoisotopic (exact) mass is 310 g/mol. The number of aryl methyl sites for hydroxylation is 1. The van der Waals surface area contributed by atoms with Gasteiger partial charge in [0.2, 0.25) is 5.91 Å². The molecule has 0 N–H and O–H groups in total. The van der Waals surface area contributed by atoms with Gasteiger partial charge in [-0.25, -0.2) is 0 Å². The molecule has 1 amide bonds. The molecule has 0 bridgehead atoms. The van der Waals surface area contributed by atoms with Gasteiger partial charge in [-0.1, -0.05) is 30.3 Å². The van der Waals surface area contributed by atoms with Crippen LogP contribution in [-0.2, 0) is 11.3 Å². The minimum Gasteiger partial charge on any atom is -0.462 e. The predicted octanol–water partition coefficient (Wildman–Crippen LogP) is 2.95. The second-order valence-corrected chi connectivity index (χ2v) is 5.87. The summed E-state index contributed by atoms with van der Waals surface area (Å²) in [6.45, 7) is 6.21. The zero-order chi connectivity index (χ0) is 16.1. The molecule has 0 saturated carbocycles. The smallest absolute Gasteiger partial charge is 0.246 e. The Labute approximate surface area is 137 Å². The molecule has 1 aliphatic rings. The summed E-state index contributed by atoms with van der Waals surface area (Å²) in [6, 6.07) is 14.2. The van der Waals surface area contributed by atoms with Gasteiger partial charge < -0.3 is 9.32 Å². The lowest BCUT2D eigenvalue weighted by molar-refractivity contribution is -0.127. The topological polar surface area (TPSA) is 36.7 Å². The molecule has 2 aromatic rings. The molecule has 120 valence electrons. The van der Waals surface area contributed by atoms with Crippen LogP contribution in [-0.4, -0.2) is 41.9 Å². The van der Waals surface area contributed by atoms with E-state index in [1.54, 1.807) is 12.2 Å². The third kappa shape index (κ3) is 4.33. The number of rotatable bonds is 4. The maximum atomic E-state index is 12.2. The summed E-state index contributed by atoms with van der Waals surface area (Å²) in [7, 11) is 0. The predicted molar refractivity (Wildman–Crippen MR) is 90.8 cm³/mol. The van der Waals surface area contributed by atoms with Gasteiger partial charge in [0.15, 0.2) is 0 Å². The largest absolute Gasteiger partial charge is 0.462 e. The molecule has 0 unspecified atom stereocenters.